The fourth-order valence-corrected chi connectivity index (χ4v) is 4.29. The number of amides is 1. The highest BCUT2D eigenvalue weighted by Gasteiger charge is 2.30. The first-order valence-corrected chi connectivity index (χ1v) is 9.94. The number of thiophene rings is 1. The molecule has 4 rings (SSSR count). The molecule has 0 radical (unpaired) electrons. The van der Waals surface area contributed by atoms with Gasteiger partial charge in [0.25, 0.3) is 0 Å². The van der Waals surface area contributed by atoms with E-state index in [2.05, 4.69) is 36.3 Å². The lowest BCUT2D eigenvalue weighted by Gasteiger charge is -2.30. The van der Waals surface area contributed by atoms with Crippen LogP contribution in [0.5, 0.6) is 0 Å². The molecule has 0 atom stereocenters. The summed E-state index contributed by atoms with van der Waals surface area (Å²) in [6, 6.07) is 2.44. The molecule has 0 aromatic carbocycles. The summed E-state index contributed by atoms with van der Waals surface area (Å²) in [7, 11) is 0. The van der Waals surface area contributed by atoms with Gasteiger partial charge in [0.1, 0.15) is 0 Å². The first-order valence-electron chi connectivity index (χ1n) is 8.27. The predicted molar refractivity (Wildman–Crippen MR) is 94.5 cm³/mol. The number of hydrogen-bond donors (Lipinski definition) is 1. The lowest BCUT2D eigenvalue weighted by atomic mass is 9.96. The van der Waals surface area contributed by atoms with Crippen LogP contribution < -0.4 is 5.32 Å². The predicted octanol–water partition coefficient (Wildman–Crippen LogP) is 3.05. The third-order valence-corrected chi connectivity index (χ3v) is 6.18. The Bertz CT molecular complexity index is 719. The molecule has 1 amide bonds. The monoisotopic (exact) mass is 410 g/mol. The van der Waals surface area contributed by atoms with Gasteiger partial charge in [-0.25, -0.2) is 0 Å². The largest absolute Gasteiger partial charge is 0.353 e. The van der Waals surface area contributed by atoms with Gasteiger partial charge in [-0.05, 0) is 60.8 Å². The summed E-state index contributed by atoms with van der Waals surface area (Å²) < 4.78 is 6.40. The number of piperidine rings is 1. The quantitative estimate of drug-likeness (QED) is 0.819. The summed E-state index contributed by atoms with van der Waals surface area (Å²) in [5.74, 6) is 1.67. The molecule has 2 aliphatic rings. The molecule has 128 valence electrons. The van der Waals surface area contributed by atoms with Crippen molar-refractivity contribution in [1.82, 2.24) is 20.4 Å². The first kappa shape index (κ1) is 16.2. The Morgan fingerprint density at radius 2 is 2.17 bits per heavy atom. The van der Waals surface area contributed by atoms with Crippen molar-refractivity contribution in [2.24, 2.45) is 5.92 Å². The van der Waals surface area contributed by atoms with Crippen LogP contribution in [0.3, 0.4) is 0 Å². The highest BCUT2D eigenvalue weighted by molar-refractivity contribution is 9.10. The average molecular weight is 411 g/mol. The Balaban J connectivity index is 1.29. The van der Waals surface area contributed by atoms with Gasteiger partial charge in [-0.15, -0.1) is 11.3 Å². The van der Waals surface area contributed by atoms with Gasteiger partial charge in [0.15, 0.2) is 0 Å². The zero-order valence-electron chi connectivity index (χ0n) is 13.2. The van der Waals surface area contributed by atoms with E-state index in [1.165, 1.54) is 0 Å². The van der Waals surface area contributed by atoms with E-state index >= 15 is 0 Å². The van der Waals surface area contributed by atoms with E-state index in [1.807, 2.05) is 11.4 Å². The minimum absolute atomic E-state index is 0.156. The van der Waals surface area contributed by atoms with Crippen molar-refractivity contribution >= 4 is 33.2 Å². The zero-order valence-corrected chi connectivity index (χ0v) is 15.6. The SMILES string of the molecule is O=C(NC1CC1)C1CCN(Cc2nc(-c3cc(Br)cs3)no2)CC1. The van der Waals surface area contributed by atoms with Gasteiger partial charge in [0.05, 0.1) is 11.4 Å². The van der Waals surface area contributed by atoms with Gasteiger partial charge in [-0.3, -0.25) is 9.69 Å². The summed E-state index contributed by atoms with van der Waals surface area (Å²) in [6.45, 7) is 2.44. The van der Waals surface area contributed by atoms with E-state index in [9.17, 15) is 4.79 Å². The van der Waals surface area contributed by atoms with Crippen molar-refractivity contribution in [3.05, 3.63) is 21.8 Å². The molecule has 0 spiro atoms. The topological polar surface area (TPSA) is 71.3 Å². The van der Waals surface area contributed by atoms with E-state index in [4.69, 9.17) is 4.52 Å². The van der Waals surface area contributed by atoms with Crippen LogP contribution in [0.15, 0.2) is 20.4 Å². The standard InChI is InChI=1S/C16H19BrN4O2S/c17-11-7-13(24-9-11)15-19-14(23-20-15)8-21-5-3-10(4-6-21)16(22)18-12-1-2-12/h7,9-10,12H,1-6,8H2,(H,18,22). The van der Waals surface area contributed by atoms with Gasteiger partial charge in [-0.2, -0.15) is 4.98 Å². The lowest BCUT2D eigenvalue weighted by molar-refractivity contribution is -0.126. The number of rotatable bonds is 5. The van der Waals surface area contributed by atoms with Crippen LogP contribution in [-0.2, 0) is 11.3 Å². The van der Waals surface area contributed by atoms with Crippen LogP contribution in [0, 0.1) is 5.92 Å². The maximum Gasteiger partial charge on any atom is 0.241 e. The molecule has 0 bridgehead atoms. The maximum absolute atomic E-state index is 12.1. The molecule has 3 heterocycles. The van der Waals surface area contributed by atoms with Crippen LogP contribution >= 0.6 is 27.3 Å². The molecular weight excluding hydrogens is 392 g/mol. The van der Waals surface area contributed by atoms with Crippen LogP contribution in [0.2, 0.25) is 0 Å². The van der Waals surface area contributed by atoms with Crippen molar-refractivity contribution in [1.29, 1.82) is 0 Å². The van der Waals surface area contributed by atoms with Crippen molar-refractivity contribution in [3.8, 4) is 10.7 Å². The molecule has 1 aliphatic heterocycles. The number of nitrogens with one attached hydrogen (secondary N) is 1. The minimum atomic E-state index is 0.156. The van der Waals surface area contributed by atoms with Gasteiger partial charge >= 0.3 is 0 Å². The van der Waals surface area contributed by atoms with Gasteiger partial charge in [0.2, 0.25) is 17.6 Å². The summed E-state index contributed by atoms with van der Waals surface area (Å²) in [5.41, 5.74) is 0. The molecule has 6 nitrogen and oxygen atoms in total. The highest BCUT2D eigenvalue weighted by Crippen LogP contribution is 2.28. The summed E-state index contributed by atoms with van der Waals surface area (Å²) in [4.78, 5) is 19.9. The molecule has 0 unspecified atom stereocenters. The normalized spacial score (nSPS) is 19.5. The van der Waals surface area contributed by atoms with Crippen LogP contribution in [0.1, 0.15) is 31.6 Å². The fourth-order valence-electron chi connectivity index (χ4n) is 2.94. The van der Waals surface area contributed by atoms with E-state index in [-0.39, 0.29) is 11.8 Å². The van der Waals surface area contributed by atoms with Crippen LogP contribution in [0.4, 0.5) is 0 Å². The third kappa shape index (κ3) is 3.87. The van der Waals surface area contributed by atoms with E-state index < -0.39 is 0 Å². The Kier molecular flexibility index (Phi) is 4.69. The van der Waals surface area contributed by atoms with E-state index in [1.54, 1.807) is 11.3 Å². The summed E-state index contributed by atoms with van der Waals surface area (Å²) >= 11 is 5.02. The summed E-state index contributed by atoms with van der Waals surface area (Å²) in [5, 5.41) is 9.17. The number of carbonyl (C=O) groups excluding carboxylic acids is 1. The van der Waals surface area contributed by atoms with Gasteiger partial charge in [0, 0.05) is 21.8 Å². The van der Waals surface area contributed by atoms with Gasteiger partial charge < -0.3 is 9.84 Å². The van der Waals surface area contributed by atoms with Crippen LogP contribution in [-0.4, -0.2) is 40.1 Å². The Morgan fingerprint density at radius 3 is 2.83 bits per heavy atom. The Hall–Kier alpha value is -1.25. The molecule has 8 heteroatoms. The third-order valence-electron chi connectivity index (χ3n) is 4.50. The molecule has 1 saturated heterocycles. The average Bonchev–Trinajstić information content (AvgIpc) is 3.08. The molecular formula is C16H19BrN4O2S. The van der Waals surface area contributed by atoms with Crippen molar-refractivity contribution in [3.63, 3.8) is 0 Å². The van der Waals surface area contributed by atoms with Crippen molar-refractivity contribution in [2.75, 3.05) is 13.1 Å². The van der Waals surface area contributed by atoms with E-state index in [0.717, 1.165) is 48.1 Å². The number of nitrogens with zero attached hydrogens (tertiary/aromatic N) is 3. The van der Waals surface area contributed by atoms with Gasteiger partial charge in [-0.1, -0.05) is 5.16 Å². The van der Waals surface area contributed by atoms with Crippen molar-refractivity contribution in [2.45, 2.75) is 38.3 Å². The number of aromatic nitrogens is 2. The van der Waals surface area contributed by atoms with Crippen molar-refractivity contribution < 1.29 is 9.32 Å². The lowest BCUT2D eigenvalue weighted by Crippen LogP contribution is -2.40. The zero-order chi connectivity index (χ0) is 16.5. The number of halogens is 1. The second kappa shape index (κ2) is 6.93. The molecule has 1 N–H and O–H groups in total. The Morgan fingerprint density at radius 1 is 1.38 bits per heavy atom. The molecule has 24 heavy (non-hydrogen) atoms. The molecule has 2 aromatic heterocycles. The van der Waals surface area contributed by atoms with Crippen LogP contribution in [0.25, 0.3) is 10.7 Å². The Labute approximate surface area is 152 Å². The fraction of sp³-hybridized carbons (Fsp3) is 0.562. The number of likely N-dealkylation sites (tertiary alicyclic amines) is 1. The smallest absolute Gasteiger partial charge is 0.241 e. The molecule has 2 fully saturated rings. The molecule has 2 aromatic rings. The number of hydrogen-bond acceptors (Lipinski definition) is 6. The van der Waals surface area contributed by atoms with E-state index in [0.29, 0.717) is 24.3 Å². The molecule has 1 aliphatic carbocycles. The highest BCUT2D eigenvalue weighted by atomic mass is 79.9. The first-order chi connectivity index (χ1) is 11.7. The molecule has 1 saturated carbocycles. The maximum atomic E-state index is 12.1. The second-order valence-corrected chi connectivity index (χ2v) is 8.30. The minimum Gasteiger partial charge on any atom is -0.353 e. The second-order valence-electron chi connectivity index (χ2n) is 6.47. The number of carbonyl (C=O) groups is 1. The summed E-state index contributed by atoms with van der Waals surface area (Å²) in [6.07, 6.45) is 4.09.